The Hall–Kier alpha value is -3.48. The lowest BCUT2D eigenvalue weighted by Gasteiger charge is -2.05. The Morgan fingerprint density at radius 2 is 1.92 bits per heavy atom. The number of carbonyl (C=O) groups is 1. The Kier molecular flexibility index (Phi) is 3.76. The molecule has 0 aliphatic heterocycles. The molecule has 0 bridgehead atoms. The number of H-pyrrole nitrogens is 1. The molecule has 3 aromatic heterocycles. The average Bonchev–Trinajstić information content (AvgIpc) is 3.16. The molecule has 0 aliphatic rings. The van der Waals surface area contributed by atoms with Crippen LogP contribution >= 0.6 is 0 Å². The molecule has 0 saturated heterocycles. The fraction of sp³-hybridized carbons (Fsp3) is 0.158. The molecular formula is C19H18N6O. The lowest BCUT2D eigenvalue weighted by Crippen LogP contribution is -2.12. The van der Waals surface area contributed by atoms with Gasteiger partial charge in [-0.15, -0.1) is 0 Å². The van der Waals surface area contributed by atoms with Gasteiger partial charge in [0.05, 0.1) is 11.2 Å². The number of aryl methyl sites for hydroxylation is 2. The van der Waals surface area contributed by atoms with Crippen LogP contribution in [0.25, 0.3) is 22.0 Å². The van der Waals surface area contributed by atoms with Crippen molar-refractivity contribution in [2.75, 3.05) is 5.32 Å². The maximum atomic E-state index is 12.6. The van der Waals surface area contributed by atoms with Crippen molar-refractivity contribution in [3.63, 3.8) is 0 Å². The van der Waals surface area contributed by atoms with Gasteiger partial charge in [-0.3, -0.25) is 19.6 Å². The Balaban J connectivity index is 1.76. The first-order chi connectivity index (χ1) is 12.5. The second-order valence-electron chi connectivity index (χ2n) is 6.19. The smallest absolute Gasteiger partial charge is 0.276 e. The molecule has 0 radical (unpaired) electrons. The van der Waals surface area contributed by atoms with E-state index < -0.39 is 0 Å². The Morgan fingerprint density at radius 1 is 1.15 bits per heavy atom. The monoisotopic (exact) mass is 346 g/mol. The minimum Gasteiger partial charge on any atom is -0.320 e. The average molecular weight is 346 g/mol. The molecule has 7 heteroatoms. The van der Waals surface area contributed by atoms with Crippen molar-refractivity contribution in [2.24, 2.45) is 7.05 Å². The van der Waals surface area contributed by atoms with E-state index in [1.165, 1.54) is 0 Å². The number of fused-ring (bicyclic) bond motifs is 1. The molecule has 0 spiro atoms. The number of nitrogens with one attached hydrogen (secondary N) is 2. The number of pyridine rings is 1. The van der Waals surface area contributed by atoms with Crippen LogP contribution in [0.3, 0.4) is 0 Å². The summed E-state index contributed by atoms with van der Waals surface area (Å²) in [6.07, 6.45) is 3.26. The quantitative estimate of drug-likeness (QED) is 0.596. The molecule has 130 valence electrons. The highest BCUT2D eigenvalue weighted by atomic mass is 16.1. The molecule has 7 nitrogen and oxygen atoms in total. The summed E-state index contributed by atoms with van der Waals surface area (Å²) in [4.78, 5) is 16.6. The number of hydrogen-bond acceptors (Lipinski definition) is 4. The van der Waals surface area contributed by atoms with Crippen molar-refractivity contribution >= 4 is 22.5 Å². The van der Waals surface area contributed by atoms with Crippen molar-refractivity contribution in [1.82, 2.24) is 25.0 Å². The molecule has 4 rings (SSSR count). The van der Waals surface area contributed by atoms with Crippen molar-refractivity contribution in [3.05, 3.63) is 59.8 Å². The summed E-state index contributed by atoms with van der Waals surface area (Å²) in [5.41, 5.74) is 5.97. The number of amides is 1. The molecule has 4 aromatic rings. The van der Waals surface area contributed by atoms with Gasteiger partial charge < -0.3 is 5.32 Å². The number of anilines is 1. The maximum Gasteiger partial charge on any atom is 0.276 e. The van der Waals surface area contributed by atoms with E-state index >= 15 is 0 Å². The minimum atomic E-state index is -0.265. The van der Waals surface area contributed by atoms with Gasteiger partial charge in [0.15, 0.2) is 5.69 Å². The van der Waals surface area contributed by atoms with E-state index in [0.717, 1.165) is 33.4 Å². The van der Waals surface area contributed by atoms with Gasteiger partial charge in [0, 0.05) is 41.8 Å². The number of benzene rings is 1. The van der Waals surface area contributed by atoms with Crippen LogP contribution in [-0.2, 0) is 7.05 Å². The highest BCUT2D eigenvalue weighted by molar-refractivity contribution is 6.11. The molecule has 3 heterocycles. The van der Waals surface area contributed by atoms with Crippen LogP contribution < -0.4 is 5.32 Å². The molecule has 0 atom stereocenters. The van der Waals surface area contributed by atoms with Crippen molar-refractivity contribution in [3.8, 4) is 11.1 Å². The van der Waals surface area contributed by atoms with Crippen LogP contribution in [0.2, 0.25) is 0 Å². The zero-order valence-corrected chi connectivity index (χ0v) is 14.7. The number of aromatic nitrogens is 5. The number of aromatic amines is 1. The van der Waals surface area contributed by atoms with E-state index in [1.54, 1.807) is 24.5 Å². The van der Waals surface area contributed by atoms with E-state index in [1.807, 2.05) is 43.8 Å². The van der Waals surface area contributed by atoms with E-state index in [9.17, 15) is 4.79 Å². The third-order valence-electron chi connectivity index (χ3n) is 4.51. The van der Waals surface area contributed by atoms with Crippen molar-refractivity contribution < 1.29 is 4.79 Å². The van der Waals surface area contributed by atoms with Crippen LogP contribution in [0.15, 0.2) is 42.7 Å². The molecule has 0 aliphatic carbocycles. The van der Waals surface area contributed by atoms with Gasteiger partial charge in [-0.05, 0) is 43.7 Å². The Bertz CT molecular complexity index is 1110. The lowest BCUT2D eigenvalue weighted by molar-refractivity contribution is 0.102. The third kappa shape index (κ3) is 2.63. The summed E-state index contributed by atoms with van der Waals surface area (Å²) in [5.74, 6) is -0.265. The first-order valence-electron chi connectivity index (χ1n) is 8.24. The van der Waals surface area contributed by atoms with Crippen molar-refractivity contribution in [2.45, 2.75) is 13.8 Å². The van der Waals surface area contributed by atoms with Crippen LogP contribution in [0.1, 0.15) is 21.9 Å². The predicted octanol–water partition coefficient (Wildman–Crippen LogP) is 3.23. The zero-order valence-electron chi connectivity index (χ0n) is 14.7. The van der Waals surface area contributed by atoms with Gasteiger partial charge in [0.2, 0.25) is 0 Å². The number of rotatable bonds is 3. The van der Waals surface area contributed by atoms with Gasteiger partial charge in [0.1, 0.15) is 0 Å². The first kappa shape index (κ1) is 16.0. The van der Waals surface area contributed by atoms with E-state index in [2.05, 4.69) is 25.6 Å². The highest BCUT2D eigenvalue weighted by Gasteiger charge is 2.17. The molecule has 0 fully saturated rings. The van der Waals surface area contributed by atoms with Gasteiger partial charge in [-0.1, -0.05) is 6.07 Å². The summed E-state index contributed by atoms with van der Waals surface area (Å²) in [6, 6.07) is 9.41. The van der Waals surface area contributed by atoms with Gasteiger partial charge in [-0.25, -0.2) is 0 Å². The summed E-state index contributed by atoms with van der Waals surface area (Å²) in [6.45, 7) is 4.02. The molecule has 2 N–H and O–H groups in total. The topological polar surface area (TPSA) is 88.5 Å². The third-order valence-corrected chi connectivity index (χ3v) is 4.51. The second-order valence-corrected chi connectivity index (χ2v) is 6.19. The normalized spacial score (nSPS) is 11.0. The largest absolute Gasteiger partial charge is 0.320 e. The number of carbonyl (C=O) groups excluding carboxylic acids is 1. The van der Waals surface area contributed by atoms with Crippen LogP contribution in [-0.4, -0.2) is 30.9 Å². The predicted molar refractivity (Wildman–Crippen MR) is 100.0 cm³/mol. The molecule has 0 saturated carbocycles. The molecule has 0 unspecified atom stereocenters. The molecule has 1 aromatic carbocycles. The maximum absolute atomic E-state index is 12.6. The van der Waals surface area contributed by atoms with Gasteiger partial charge >= 0.3 is 0 Å². The summed E-state index contributed by atoms with van der Waals surface area (Å²) < 4.78 is 1.86. The lowest BCUT2D eigenvalue weighted by atomic mass is 10.0. The van der Waals surface area contributed by atoms with Crippen LogP contribution in [0.4, 0.5) is 5.69 Å². The van der Waals surface area contributed by atoms with E-state index in [-0.39, 0.29) is 5.91 Å². The second kappa shape index (κ2) is 6.11. The summed E-state index contributed by atoms with van der Waals surface area (Å²) >= 11 is 0. The van der Waals surface area contributed by atoms with Crippen LogP contribution in [0.5, 0.6) is 0 Å². The van der Waals surface area contributed by atoms with Crippen molar-refractivity contribution in [1.29, 1.82) is 0 Å². The fourth-order valence-corrected chi connectivity index (χ4v) is 3.16. The molecule has 1 amide bonds. The Labute approximate surface area is 150 Å². The number of hydrogen-bond donors (Lipinski definition) is 2. The first-order valence-corrected chi connectivity index (χ1v) is 8.24. The van der Waals surface area contributed by atoms with Crippen LogP contribution in [0, 0.1) is 13.8 Å². The van der Waals surface area contributed by atoms with E-state index in [0.29, 0.717) is 11.4 Å². The SMILES string of the molecule is Cc1nn(C)c(C)c1-c1ccc2[nH]nc(C(=O)Nc3ccncc3)c2c1. The zero-order chi connectivity index (χ0) is 18.3. The summed E-state index contributed by atoms with van der Waals surface area (Å²) in [7, 11) is 1.93. The Morgan fingerprint density at radius 3 is 2.62 bits per heavy atom. The number of nitrogens with zero attached hydrogens (tertiary/aromatic N) is 4. The van der Waals surface area contributed by atoms with Gasteiger partial charge in [-0.2, -0.15) is 10.2 Å². The molecule has 26 heavy (non-hydrogen) atoms. The standard InChI is InChI=1S/C19H18N6O/c1-11-17(12(2)25(3)24-11)13-4-5-16-15(10-13)18(23-22-16)19(26)21-14-6-8-20-9-7-14/h4-10H,1-3H3,(H,22,23)(H,20,21,26). The fourth-order valence-electron chi connectivity index (χ4n) is 3.16. The minimum absolute atomic E-state index is 0.265. The van der Waals surface area contributed by atoms with E-state index in [4.69, 9.17) is 0 Å². The highest BCUT2D eigenvalue weighted by Crippen LogP contribution is 2.30. The molecular weight excluding hydrogens is 328 g/mol. The summed E-state index contributed by atoms with van der Waals surface area (Å²) in [5, 5.41) is 15.2. The van der Waals surface area contributed by atoms with Gasteiger partial charge in [0.25, 0.3) is 5.91 Å².